The summed E-state index contributed by atoms with van der Waals surface area (Å²) in [5.74, 6) is 1.93. The first-order valence-electron chi connectivity index (χ1n) is 18.2. The monoisotopic (exact) mass is 762 g/mol. The summed E-state index contributed by atoms with van der Waals surface area (Å²) < 4.78 is 53.9. The molecule has 0 fully saturated rings. The fraction of sp³-hybridized carbons (Fsp3) is 0.106. The van der Waals surface area contributed by atoms with E-state index >= 15 is 0 Å². The van der Waals surface area contributed by atoms with Crippen LogP contribution < -0.4 is 20.5 Å². The SMILES string of the molecule is CNC(=O)c1c(-c2ccc(F)cc2)oc2ccc3c(c12)Cc1cccc(c1)COc1ccc2oc(-c4ccc(F)cc4)c(C)c2c1Cc1cccc(c1)O3.NC=O. The Morgan fingerprint density at radius 2 is 1.23 bits per heavy atom. The number of primary amides is 1. The predicted molar refractivity (Wildman–Crippen MR) is 214 cm³/mol. The number of nitrogens with one attached hydrogen (secondary N) is 1. The molecule has 6 aromatic carbocycles. The summed E-state index contributed by atoms with van der Waals surface area (Å²) in [6.07, 6.45) is 1.19. The molecular weight excluding hydrogens is 727 g/mol. The van der Waals surface area contributed by atoms with Crippen molar-refractivity contribution in [1.82, 2.24) is 5.32 Å². The van der Waals surface area contributed by atoms with Crippen LogP contribution in [0.5, 0.6) is 17.2 Å². The summed E-state index contributed by atoms with van der Waals surface area (Å²) in [4.78, 5) is 22.2. The topological polar surface area (TPSA) is 117 Å². The third-order valence-corrected chi connectivity index (χ3v) is 10.0. The minimum absolute atomic E-state index is 0.250. The molecule has 10 heteroatoms. The lowest BCUT2D eigenvalue weighted by Gasteiger charge is -2.15. The van der Waals surface area contributed by atoms with Crippen molar-refractivity contribution in [2.75, 3.05) is 7.05 Å². The number of fused-ring (bicyclic) bond motifs is 10. The smallest absolute Gasteiger partial charge is 0.255 e. The van der Waals surface area contributed by atoms with Crippen LogP contribution >= 0.6 is 0 Å². The van der Waals surface area contributed by atoms with Gasteiger partial charge in [0.15, 0.2) is 0 Å². The lowest BCUT2D eigenvalue weighted by Crippen LogP contribution is -2.18. The molecule has 0 unspecified atom stereocenters. The third-order valence-electron chi connectivity index (χ3n) is 10.0. The second-order valence-corrected chi connectivity index (χ2v) is 13.6. The minimum Gasteiger partial charge on any atom is -0.489 e. The summed E-state index contributed by atoms with van der Waals surface area (Å²) in [7, 11) is 1.58. The molecule has 3 heterocycles. The predicted octanol–water partition coefficient (Wildman–Crippen LogP) is 10.4. The van der Waals surface area contributed by atoms with Crippen molar-refractivity contribution in [3.63, 3.8) is 0 Å². The Morgan fingerprint density at radius 1 is 0.684 bits per heavy atom. The van der Waals surface area contributed by atoms with E-state index in [2.05, 4.69) is 17.1 Å². The maximum absolute atomic E-state index is 13.9. The summed E-state index contributed by atoms with van der Waals surface area (Å²) in [5.41, 5.74) is 12.7. The van der Waals surface area contributed by atoms with Crippen LogP contribution in [0, 0.1) is 18.6 Å². The van der Waals surface area contributed by atoms with Crippen LogP contribution in [0.2, 0.25) is 0 Å². The molecule has 2 amide bonds. The lowest BCUT2D eigenvalue weighted by atomic mass is 9.95. The summed E-state index contributed by atoms with van der Waals surface area (Å²) in [6, 6.07) is 35.8. The highest BCUT2D eigenvalue weighted by molar-refractivity contribution is 6.12. The molecule has 0 aliphatic carbocycles. The van der Waals surface area contributed by atoms with Gasteiger partial charge in [-0.1, -0.05) is 36.4 Å². The Morgan fingerprint density at radius 3 is 1.89 bits per heavy atom. The van der Waals surface area contributed by atoms with E-state index in [9.17, 15) is 13.6 Å². The van der Waals surface area contributed by atoms with Crippen molar-refractivity contribution < 1.29 is 36.7 Å². The van der Waals surface area contributed by atoms with Gasteiger partial charge in [0.05, 0.1) is 5.56 Å². The number of ether oxygens (including phenoxy) is 2. The molecule has 0 spiro atoms. The Bertz CT molecular complexity index is 2790. The van der Waals surface area contributed by atoms with Crippen LogP contribution in [0.25, 0.3) is 44.6 Å². The lowest BCUT2D eigenvalue weighted by molar-refractivity contribution is -0.106. The number of aryl methyl sites for hydroxylation is 1. The molecule has 3 N–H and O–H groups in total. The first-order valence-corrected chi connectivity index (χ1v) is 18.2. The van der Waals surface area contributed by atoms with Gasteiger partial charge in [-0.15, -0.1) is 0 Å². The van der Waals surface area contributed by atoms with E-state index in [0.29, 0.717) is 70.1 Å². The van der Waals surface area contributed by atoms with E-state index in [4.69, 9.17) is 23.1 Å². The molecule has 0 radical (unpaired) electrons. The molecule has 2 aromatic heterocycles. The van der Waals surface area contributed by atoms with Crippen LogP contribution in [0.15, 0.2) is 130 Å². The maximum atomic E-state index is 13.9. The van der Waals surface area contributed by atoms with E-state index in [1.807, 2.05) is 73.7 Å². The van der Waals surface area contributed by atoms with Crippen LogP contribution in [-0.2, 0) is 24.2 Å². The number of hydrogen-bond donors (Lipinski definition) is 2. The van der Waals surface area contributed by atoms with E-state index in [1.165, 1.54) is 24.3 Å². The van der Waals surface area contributed by atoms with Crippen molar-refractivity contribution in [2.24, 2.45) is 5.73 Å². The van der Waals surface area contributed by atoms with Crippen molar-refractivity contribution in [3.8, 4) is 39.9 Å². The number of hydrogen-bond acceptors (Lipinski definition) is 6. The van der Waals surface area contributed by atoms with Crippen molar-refractivity contribution in [1.29, 1.82) is 0 Å². The zero-order chi connectivity index (χ0) is 39.6. The fourth-order valence-electron chi connectivity index (χ4n) is 7.49. The van der Waals surface area contributed by atoms with Crippen LogP contribution in [0.1, 0.15) is 43.7 Å². The van der Waals surface area contributed by atoms with Crippen molar-refractivity contribution >= 4 is 34.3 Å². The molecule has 4 bridgehead atoms. The molecule has 8 aromatic rings. The summed E-state index contributed by atoms with van der Waals surface area (Å²) >= 11 is 0. The molecule has 284 valence electrons. The van der Waals surface area contributed by atoms with Gasteiger partial charge in [-0.3, -0.25) is 9.59 Å². The Labute approximate surface area is 326 Å². The van der Waals surface area contributed by atoms with Gasteiger partial charge in [0.2, 0.25) is 6.41 Å². The van der Waals surface area contributed by atoms with Crippen LogP contribution in [0.4, 0.5) is 8.78 Å². The molecule has 1 aliphatic rings. The molecule has 0 saturated heterocycles. The number of carbonyl (C=O) groups excluding carboxylic acids is 2. The standard InChI is InChI=1S/C46H33F2NO5.CH3NO/c1-26-41-35-24-28-6-4-8-34(22-28)52-38-18-20-40-42(43(46(50)49-2)45(54-40)31-11-15-33(48)16-12-31)36(38)23-27-5-3-7-29(21-27)25-51-37(35)17-19-39(41)53-44(26)30-9-13-32(47)14-10-30;2-1-3/h3-22H,23-25H2,1-2H3,(H,49,50);1H,(H2,2,3). The number of nitrogens with two attached hydrogens (primary N) is 1. The highest BCUT2D eigenvalue weighted by Crippen LogP contribution is 2.43. The average molecular weight is 763 g/mol. The summed E-state index contributed by atoms with van der Waals surface area (Å²) in [6.45, 7) is 2.33. The van der Waals surface area contributed by atoms with E-state index in [-0.39, 0.29) is 24.0 Å². The fourth-order valence-corrected chi connectivity index (χ4v) is 7.49. The van der Waals surface area contributed by atoms with Crippen LogP contribution in [0.3, 0.4) is 0 Å². The van der Waals surface area contributed by atoms with Gasteiger partial charge in [0.1, 0.15) is 58.2 Å². The Hall–Kier alpha value is -7.20. The molecule has 8 nitrogen and oxygen atoms in total. The Balaban J connectivity index is 0.00000147. The molecule has 57 heavy (non-hydrogen) atoms. The highest BCUT2D eigenvalue weighted by atomic mass is 19.1. The second-order valence-electron chi connectivity index (χ2n) is 13.6. The molecule has 1 aliphatic heterocycles. The second kappa shape index (κ2) is 15.5. The first kappa shape index (κ1) is 36.8. The molecule has 0 atom stereocenters. The largest absolute Gasteiger partial charge is 0.489 e. The Kier molecular flexibility index (Phi) is 10.00. The normalized spacial score (nSPS) is 12.1. The van der Waals surface area contributed by atoms with Gasteiger partial charge in [-0.05, 0) is 109 Å². The van der Waals surface area contributed by atoms with Gasteiger partial charge in [0.25, 0.3) is 5.91 Å². The van der Waals surface area contributed by atoms with E-state index in [1.54, 1.807) is 31.3 Å². The van der Waals surface area contributed by atoms with Crippen molar-refractivity contribution in [3.05, 3.63) is 172 Å². The number of halogens is 2. The van der Waals surface area contributed by atoms with Gasteiger partial charge in [-0.25, -0.2) is 8.78 Å². The average Bonchev–Trinajstić information content (AvgIpc) is 3.77. The highest BCUT2D eigenvalue weighted by Gasteiger charge is 2.27. The third kappa shape index (κ3) is 7.20. The number of rotatable bonds is 3. The molecule has 9 rings (SSSR count). The first-order chi connectivity index (χ1) is 27.7. The van der Waals surface area contributed by atoms with Gasteiger partial charge in [-0.2, -0.15) is 0 Å². The quantitative estimate of drug-likeness (QED) is 0.173. The minimum atomic E-state index is -0.384. The zero-order valence-corrected chi connectivity index (χ0v) is 31.0. The van der Waals surface area contributed by atoms with Gasteiger partial charge >= 0.3 is 0 Å². The zero-order valence-electron chi connectivity index (χ0n) is 31.0. The number of carbonyl (C=O) groups is 2. The van der Waals surface area contributed by atoms with Gasteiger partial charge < -0.3 is 29.4 Å². The number of furan rings is 2. The number of benzene rings is 6. The summed E-state index contributed by atoms with van der Waals surface area (Å²) in [5, 5.41) is 4.34. The van der Waals surface area contributed by atoms with Crippen molar-refractivity contribution in [2.45, 2.75) is 26.4 Å². The van der Waals surface area contributed by atoms with Crippen LogP contribution in [-0.4, -0.2) is 19.4 Å². The maximum Gasteiger partial charge on any atom is 0.255 e. The molecular formula is C47H36F2N2O6. The van der Waals surface area contributed by atoms with Gasteiger partial charge in [0, 0.05) is 58.5 Å². The molecule has 0 saturated carbocycles. The number of amides is 2. The van der Waals surface area contributed by atoms with E-state index < -0.39 is 0 Å². The van der Waals surface area contributed by atoms with E-state index in [0.717, 1.165) is 50.1 Å².